The molecule has 2 amide bonds. The van der Waals surface area contributed by atoms with Crippen molar-refractivity contribution in [1.29, 1.82) is 0 Å². The largest absolute Gasteiger partial charge is 0.480 e. The third kappa shape index (κ3) is 4.08. The van der Waals surface area contributed by atoms with E-state index in [0.717, 1.165) is 27.2 Å². The van der Waals surface area contributed by atoms with Gasteiger partial charge in [0.1, 0.15) is 18.7 Å². The number of nitrogens with zero attached hydrogens (tertiary/aromatic N) is 1. The normalized spacial score (nSPS) is 14.3. The van der Waals surface area contributed by atoms with Crippen LogP contribution in [-0.4, -0.2) is 53.7 Å². The Kier molecular flexibility index (Phi) is 5.87. The van der Waals surface area contributed by atoms with E-state index in [0.29, 0.717) is 0 Å². The Bertz CT molecular complexity index is 897. The second-order valence-corrected chi connectivity index (χ2v) is 7.15. The third-order valence-electron chi connectivity index (χ3n) is 5.33. The van der Waals surface area contributed by atoms with Crippen LogP contribution in [0.4, 0.5) is 4.79 Å². The summed E-state index contributed by atoms with van der Waals surface area (Å²) in [6, 6.07) is 14.1. The van der Waals surface area contributed by atoms with Crippen LogP contribution in [-0.2, 0) is 14.3 Å². The molecule has 2 aromatic rings. The second kappa shape index (κ2) is 8.34. The molecular formula is C22H24N2O5. The molecule has 29 heavy (non-hydrogen) atoms. The number of carboxylic acid groups (broad SMARTS) is 1. The predicted octanol–water partition coefficient (Wildman–Crippen LogP) is 2.85. The van der Waals surface area contributed by atoms with Crippen LogP contribution in [0.25, 0.3) is 11.1 Å². The van der Waals surface area contributed by atoms with Gasteiger partial charge in [0.25, 0.3) is 0 Å². The van der Waals surface area contributed by atoms with Crippen molar-refractivity contribution in [1.82, 2.24) is 10.2 Å². The molecule has 1 aliphatic carbocycles. The number of carbonyl (C=O) groups excluding carboxylic acids is 2. The molecule has 152 valence electrons. The molecule has 0 aliphatic heterocycles. The van der Waals surface area contributed by atoms with Gasteiger partial charge in [-0.2, -0.15) is 0 Å². The fraction of sp³-hybridized carbons (Fsp3) is 0.318. The van der Waals surface area contributed by atoms with Crippen molar-refractivity contribution in [2.45, 2.75) is 31.8 Å². The number of carbonyl (C=O) groups is 3. The number of ether oxygens (including phenoxy) is 1. The summed E-state index contributed by atoms with van der Waals surface area (Å²) in [6.45, 7) is 3.04. The minimum Gasteiger partial charge on any atom is -0.480 e. The smallest absolute Gasteiger partial charge is 0.407 e. The van der Waals surface area contributed by atoms with Crippen LogP contribution in [0.1, 0.15) is 30.9 Å². The number of likely N-dealkylation sites (N-methyl/N-ethyl adjacent to an activating group) is 1. The zero-order chi connectivity index (χ0) is 21.1. The second-order valence-electron chi connectivity index (χ2n) is 7.15. The van der Waals surface area contributed by atoms with Crippen molar-refractivity contribution < 1.29 is 24.2 Å². The number of nitrogens with one attached hydrogen (secondary N) is 1. The fourth-order valence-electron chi connectivity index (χ4n) is 3.54. The lowest BCUT2D eigenvalue weighted by atomic mass is 9.98. The molecule has 0 fully saturated rings. The summed E-state index contributed by atoms with van der Waals surface area (Å²) in [5, 5.41) is 11.5. The first-order valence-electron chi connectivity index (χ1n) is 9.42. The molecule has 0 radical (unpaired) electrons. The van der Waals surface area contributed by atoms with Crippen LogP contribution in [0.5, 0.6) is 0 Å². The number of amides is 2. The first kappa shape index (κ1) is 20.4. The molecular weight excluding hydrogens is 372 g/mol. The van der Waals surface area contributed by atoms with E-state index in [1.54, 1.807) is 0 Å². The first-order chi connectivity index (χ1) is 13.8. The van der Waals surface area contributed by atoms with Crippen LogP contribution < -0.4 is 5.32 Å². The Morgan fingerprint density at radius 2 is 1.55 bits per heavy atom. The molecule has 0 aromatic heterocycles. The third-order valence-corrected chi connectivity index (χ3v) is 5.33. The number of alkyl carbamates (subject to hydrolysis) is 1. The van der Waals surface area contributed by atoms with Crippen molar-refractivity contribution in [3.63, 3.8) is 0 Å². The van der Waals surface area contributed by atoms with E-state index >= 15 is 0 Å². The minimum atomic E-state index is -1.12. The lowest BCUT2D eigenvalue weighted by Gasteiger charge is -2.25. The van der Waals surface area contributed by atoms with Gasteiger partial charge in [0.2, 0.25) is 5.91 Å². The molecule has 1 aliphatic rings. The van der Waals surface area contributed by atoms with E-state index in [9.17, 15) is 14.4 Å². The van der Waals surface area contributed by atoms with Gasteiger partial charge in [-0.3, -0.25) is 4.79 Å². The summed E-state index contributed by atoms with van der Waals surface area (Å²) in [4.78, 5) is 36.7. The summed E-state index contributed by atoms with van der Waals surface area (Å²) < 4.78 is 5.41. The van der Waals surface area contributed by atoms with Gasteiger partial charge in [0, 0.05) is 13.0 Å². The lowest BCUT2D eigenvalue weighted by molar-refractivity contribution is -0.148. The first-order valence-corrected chi connectivity index (χ1v) is 9.42. The topological polar surface area (TPSA) is 95.9 Å². The molecule has 7 heteroatoms. The molecule has 2 atom stereocenters. The highest BCUT2D eigenvalue weighted by Crippen LogP contribution is 2.44. The van der Waals surface area contributed by atoms with Gasteiger partial charge in [0.15, 0.2) is 0 Å². The maximum atomic E-state index is 12.3. The van der Waals surface area contributed by atoms with Crippen LogP contribution >= 0.6 is 0 Å². The van der Waals surface area contributed by atoms with E-state index in [4.69, 9.17) is 9.84 Å². The molecule has 0 bridgehead atoms. The van der Waals surface area contributed by atoms with Crippen LogP contribution in [0.2, 0.25) is 0 Å². The standard InChI is InChI=1S/C22H24N2O5/c1-13(20(25)24(3)14(2)21(26)27)23-22(28)29-12-19-17-10-6-4-8-15(17)16-9-5-7-11-18(16)19/h4-11,13-14,19H,12H2,1-3H3,(H,23,28)(H,26,27)/t13-,14-/m0/s1. The van der Waals surface area contributed by atoms with Crippen LogP contribution in [0.3, 0.4) is 0 Å². The van der Waals surface area contributed by atoms with Crippen molar-refractivity contribution in [3.8, 4) is 11.1 Å². The number of aliphatic carboxylic acids is 1. The van der Waals surface area contributed by atoms with Crippen molar-refractivity contribution in [2.75, 3.05) is 13.7 Å². The summed E-state index contributed by atoms with van der Waals surface area (Å²) >= 11 is 0. The average Bonchev–Trinajstić information content (AvgIpc) is 3.04. The highest BCUT2D eigenvalue weighted by atomic mass is 16.5. The monoisotopic (exact) mass is 396 g/mol. The SMILES string of the molecule is C[C@H](NC(=O)OCC1c2ccccc2-c2ccccc21)C(=O)N(C)[C@@H](C)C(=O)O. The fourth-order valence-corrected chi connectivity index (χ4v) is 3.54. The lowest BCUT2D eigenvalue weighted by Crippen LogP contribution is -2.50. The number of fused-ring (bicyclic) bond motifs is 3. The minimum absolute atomic E-state index is 0.0751. The average molecular weight is 396 g/mol. The molecule has 0 unspecified atom stereocenters. The van der Waals surface area contributed by atoms with E-state index in [2.05, 4.69) is 17.4 Å². The predicted molar refractivity (Wildman–Crippen MR) is 108 cm³/mol. The Morgan fingerprint density at radius 1 is 1.03 bits per heavy atom. The van der Waals surface area contributed by atoms with E-state index in [1.807, 2.05) is 36.4 Å². The Labute approximate surface area is 169 Å². The van der Waals surface area contributed by atoms with Gasteiger partial charge in [-0.1, -0.05) is 48.5 Å². The van der Waals surface area contributed by atoms with E-state index in [-0.39, 0.29) is 12.5 Å². The number of hydrogen-bond acceptors (Lipinski definition) is 4. The maximum absolute atomic E-state index is 12.3. The van der Waals surface area contributed by atoms with Crippen molar-refractivity contribution in [2.24, 2.45) is 0 Å². The number of benzene rings is 2. The number of carboxylic acids is 1. The zero-order valence-corrected chi connectivity index (χ0v) is 16.6. The molecule has 0 spiro atoms. The van der Waals surface area contributed by atoms with Crippen molar-refractivity contribution in [3.05, 3.63) is 59.7 Å². The molecule has 3 rings (SSSR count). The molecule has 2 N–H and O–H groups in total. The van der Waals surface area contributed by atoms with Gasteiger partial charge >= 0.3 is 12.1 Å². The van der Waals surface area contributed by atoms with E-state index in [1.165, 1.54) is 20.9 Å². The van der Waals surface area contributed by atoms with Gasteiger partial charge in [-0.05, 0) is 36.1 Å². The van der Waals surface area contributed by atoms with Crippen LogP contribution in [0, 0.1) is 0 Å². The summed E-state index contributed by atoms with van der Waals surface area (Å²) in [7, 11) is 1.39. The van der Waals surface area contributed by atoms with Gasteiger partial charge in [-0.25, -0.2) is 9.59 Å². The molecule has 0 saturated heterocycles. The molecule has 0 saturated carbocycles. The highest BCUT2D eigenvalue weighted by molar-refractivity contribution is 5.88. The Morgan fingerprint density at radius 3 is 2.07 bits per heavy atom. The van der Waals surface area contributed by atoms with Crippen LogP contribution in [0.15, 0.2) is 48.5 Å². The summed E-state index contributed by atoms with van der Waals surface area (Å²) in [5.41, 5.74) is 4.45. The van der Waals surface area contributed by atoms with E-state index < -0.39 is 30.1 Å². The van der Waals surface area contributed by atoms with Crippen molar-refractivity contribution >= 4 is 18.0 Å². The molecule has 2 aromatic carbocycles. The Hall–Kier alpha value is -3.35. The highest BCUT2D eigenvalue weighted by Gasteiger charge is 2.30. The maximum Gasteiger partial charge on any atom is 0.407 e. The Balaban J connectivity index is 1.63. The van der Waals surface area contributed by atoms with Gasteiger partial charge in [-0.15, -0.1) is 0 Å². The quantitative estimate of drug-likeness (QED) is 0.783. The van der Waals surface area contributed by atoms with Gasteiger partial charge in [0.05, 0.1) is 0 Å². The number of rotatable bonds is 6. The zero-order valence-electron chi connectivity index (χ0n) is 16.6. The van der Waals surface area contributed by atoms with Gasteiger partial charge < -0.3 is 20.1 Å². The molecule has 0 heterocycles. The molecule has 7 nitrogen and oxygen atoms in total. The summed E-state index contributed by atoms with van der Waals surface area (Å²) in [6.07, 6.45) is -0.718. The summed E-state index contributed by atoms with van der Waals surface area (Å²) in [5.74, 6) is -1.70. The number of hydrogen-bond donors (Lipinski definition) is 2.